The van der Waals surface area contributed by atoms with Gasteiger partial charge in [-0.2, -0.15) is 0 Å². The Morgan fingerprint density at radius 2 is 2.00 bits per heavy atom. The second-order valence-corrected chi connectivity index (χ2v) is 4.53. The Balaban J connectivity index is 1.47. The molecule has 0 aromatic heterocycles. The number of nitrogens with zero attached hydrogens (tertiary/aromatic N) is 1. The molecule has 1 amide bonds. The number of hydrogen-bond donors (Lipinski definition) is 1. The fourth-order valence-corrected chi connectivity index (χ4v) is 1.90. The molecule has 1 N–H and O–H groups in total. The van der Waals surface area contributed by atoms with Crippen LogP contribution in [0, 0.1) is 0 Å². The summed E-state index contributed by atoms with van der Waals surface area (Å²) in [4.78, 5) is 16.7. The molecule has 0 spiro atoms. The first-order valence-electron chi connectivity index (χ1n) is 6.71. The average molecular weight is 298 g/mol. The predicted octanol–water partition coefficient (Wildman–Crippen LogP) is 2.40. The molecule has 0 unspecified atom stereocenters. The van der Waals surface area contributed by atoms with Crippen molar-refractivity contribution in [3.8, 4) is 11.5 Å². The number of hydrogen-bond acceptors (Lipinski definition) is 5. The van der Waals surface area contributed by atoms with E-state index in [2.05, 4.69) is 10.5 Å². The van der Waals surface area contributed by atoms with Crippen molar-refractivity contribution >= 4 is 17.8 Å². The van der Waals surface area contributed by atoms with Gasteiger partial charge < -0.3 is 19.6 Å². The van der Waals surface area contributed by atoms with Crippen LogP contribution in [0.15, 0.2) is 53.7 Å². The third-order valence-corrected chi connectivity index (χ3v) is 2.93. The van der Waals surface area contributed by atoms with Crippen molar-refractivity contribution < 1.29 is 19.1 Å². The van der Waals surface area contributed by atoms with Gasteiger partial charge in [0.25, 0.3) is 5.91 Å². The summed E-state index contributed by atoms with van der Waals surface area (Å²) in [5.74, 6) is 0.978. The van der Waals surface area contributed by atoms with E-state index in [-0.39, 0.29) is 19.3 Å². The van der Waals surface area contributed by atoms with Crippen LogP contribution in [0.3, 0.4) is 0 Å². The van der Waals surface area contributed by atoms with Gasteiger partial charge in [-0.25, -0.2) is 0 Å². The molecular weight excluding hydrogens is 284 g/mol. The van der Waals surface area contributed by atoms with Crippen LogP contribution < -0.4 is 14.8 Å². The number of ether oxygens (including phenoxy) is 2. The molecule has 0 saturated heterocycles. The molecule has 1 aliphatic rings. The summed E-state index contributed by atoms with van der Waals surface area (Å²) in [6.07, 6.45) is 1.55. The standard InChI is InChI=1S/C16H14N2O4/c19-16(10-22-17-9-12-4-2-1-3-5-12)18-13-6-7-14-15(8-13)21-11-20-14/h1-9H,10-11H2,(H,18,19)/b17-9-. The number of carbonyl (C=O) groups excluding carboxylic acids is 1. The zero-order chi connectivity index (χ0) is 15.2. The maximum absolute atomic E-state index is 11.7. The number of oxime groups is 1. The zero-order valence-electron chi connectivity index (χ0n) is 11.7. The number of amides is 1. The lowest BCUT2D eigenvalue weighted by molar-refractivity contribution is -0.120. The van der Waals surface area contributed by atoms with Crippen LogP contribution in [0.4, 0.5) is 5.69 Å². The van der Waals surface area contributed by atoms with E-state index in [4.69, 9.17) is 14.3 Å². The topological polar surface area (TPSA) is 69.2 Å². The molecule has 3 rings (SSSR count). The molecule has 1 heterocycles. The van der Waals surface area contributed by atoms with Crippen LogP contribution in [-0.2, 0) is 9.63 Å². The number of rotatable bonds is 5. The Labute approximate surface area is 127 Å². The molecule has 0 atom stereocenters. The highest BCUT2D eigenvalue weighted by molar-refractivity contribution is 5.92. The third kappa shape index (κ3) is 3.54. The summed E-state index contributed by atoms with van der Waals surface area (Å²) < 4.78 is 10.4. The van der Waals surface area contributed by atoms with Gasteiger partial charge in [-0.3, -0.25) is 4.79 Å². The Morgan fingerprint density at radius 3 is 2.86 bits per heavy atom. The van der Waals surface area contributed by atoms with Crippen molar-refractivity contribution in [1.82, 2.24) is 0 Å². The zero-order valence-corrected chi connectivity index (χ0v) is 11.7. The van der Waals surface area contributed by atoms with E-state index in [0.717, 1.165) is 5.56 Å². The van der Waals surface area contributed by atoms with Crippen LogP contribution in [0.2, 0.25) is 0 Å². The highest BCUT2D eigenvalue weighted by atomic mass is 16.7. The van der Waals surface area contributed by atoms with Crippen molar-refractivity contribution in [3.63, 3.8) is 0 Å². The molecule has 2 aromatic carbocycles. The molecule has 112 valence electrons. The quantitative estimate of drug-likeness (QED) is 0.680. The normalized spacial score (nSPS) is 12.4. The minimum atomic E-state index is -0.302. The van der Waals surface area contributed by atoms with E-state index in [1.165, 1.54) is 0 Å². The van der Waals surface area contributed by atoms with Gasteiger partial charge >= 0.3 is 0 Å². The van der Waals surface area contributed by atoms with Gasteiger partial charge in [-0.05, 0) is 17.7 Å². The monoisotopic (exact) mass is 298 g/mol. The van der Waals surface area contributed by atoms with Crippen LogP contribution in [0.5, 0.6) is 11.5 Å². The van der Waals surface area contributed by atoms with E-state index in [1.54, 1.807) is 24.4 Å². The van der Waals surface area contributed by atoms with Crippen molar-refractivity contribution in [3.05, 3.63) is 54.1 Å². The smallest absolute Gasteiger partial charge is 0.265 e. The summed E-state index contributed by atoms with van der Waals surface area (Å²) in [7, 11) is 0. The van der Waals surface area contributed by atoms with Gasteiger partial charge in [0.15, 0.2) is 18.1 Å². The number of benzene rings is 2. The molecule has 2 aromatic rings. The van der Waals surface area contributed by atoms with Crippen LogP contribution in [-0.4, -0.2) is 25.5 Å². The fourth-order valence-electron chi connectivity index (χ4n) is 1.90. The molecule has 1 aliphatic heterocycles. The molecule has 22 heavy (non-hydrogen) atoms. The summed E-state index contributed by atoms with van der Waals surface area (Å²) in [6, 6.07) is 14.7. The Bertz CT molecular complexity index is 686. The van der Waals surface area contributed by atoms with E-state index in [0.29, 0.717) is 17.2 Å². The van der Waals surface area contributed by atoms with Crippen molar-refractivity contribution in [1.29, 1.82) is 0 Å². The lowest BCUT2D eigenvalue weighted by Gasteiger charge is -2.05. The summed E-state index contributed by atoms with van der Waals surface area (Å²) in [5.41, 5.74) is 1.52. The lowest BCUT2D eigenvalue weighted by atomic mass is 10.2. The Hall–Kier alpha value is -3.02. The van der Waals surface area contributed by atoms with Gasteiger partial charge in [0, 0.05) is 11.8 Å². The Morgan fingerprint density at radius 1 is 1.18 bits per heavy atom. The summed E-state index contributed by atoms with van der Waals surface area (Å²) in [5, 5.41) is 6.45. The molecular formula is C16H14N2O4. The lowest BCUT2D eigenvalue weighted by Crippen LogP contribution is -2.16. The number of fused-ring (bicyclic) bond motifs is 1. The first kappa shape index (κ1) is 13.9. The number of nitrogens with one attached hydrogen (secondary N) is 1. The van der Waals surface area contributed by atoms with Gasteiger partial charge in [0.05, 0.1) is 6.21 Å². The molecule has 6 heteroatoms. The van der Waals surface area contributed by atoms with Crippen LogP contribution in [0.25, 0.3) is 0 Å². The van der Waals surface area contributed by atoms with Crippen LogP contribution in [0.1, 0.15) is 5.56 Å². The second kappa shape index (κ2) is 6.62. The molecule has 6 nitrogen and oxygen atoms in total. The van der Waals surface area contributed by atoms with Crippen LogP contribution >= 0.6 is 0 Å². The number of anilines is 1. The highest BCUT2D eigenvalue weighted by Crippen LogP contribution is 2.34. The SMILES string of the molecule is O=C(CO/N=C\c1ccccc1)Nc1ccc2c(c1)OCO2. The highest BCUT2D eigenvalue weighted by Gasteiger charge is 2.14. The van der Waals surface area contributed by atoms with Crippen molar-refractivity contribution in [2.75, 3.05) is 18.7 Å². The average Bonchev–Trinajstić information content (AvgIpc) is 3.00. The minimum Gasteiger partial charge on any atom is -0.454 e. The molecule has 0 bridgehead atoms. The van der Waals surface area contributed by atoms with E-state index >= 15 is 0 Å². The van der Waals surface area contributed by atoms with Gasteiger partial charge in [-0.15, -0.1) is 0 Å². The Kier molecular flexibility index (Phi) is 4.20. The van der Waals surface area contributed by atoms with Gasteiger partial charge in [0.1, 0.15) is 0 Å². The predicted molar refractivity (Wildman–Crippen MR) is 81.2 cm³/mol. The fraction of sp³-hybridized carbons (Fsp3) is 0.125. The van der Waals surface area contributed by atoms with Crippen molar-refractivity contribution in [2.45, 2.75) is 0 Å². The van der Waals surface area contributed by atoms with E-state index < -0.39 is 0 Å². The van der Waals surface area contributed by atoms with Gasteiger partial charge in [0.2, 0.25) is 6.79 Å². The molecule has 0 radical (unpaired) electrons. The second-order valence-electron chi connectivity index (χ2n) is 4.53. The van der Waals surface area contributed by atoms with E-state index in [1.807, 2.05) is 30.3 Å². The van der Waals surface area contributed by atoms with E-state index in [9.17, 15) is 4.79 Å². The molecule has 0 aliphatic carbocycles. The first-order chi connectivity index (χ1) is 10.8. The molecule has 0 fully saturated rings. The minimum absolute atomic E-state index is 0.169. The summed E-state index contributed by atoms with van der Waals surface area (Å²) >= 11 is 0. The third-order valence-electron chi connectivity index (χ3n) is 2.93. The largest absolute Gasteiger partial charge is 0.454 e. The van der Waals surface area contributed by atoms with Gasteiger partial charge in [-0.1, -0.05) is 35.5 Å². The number of carbonyl (C=O) groups is 1. The molecule has 0 saturated carbocycles. The maximum atomic E-state index is 11.7. The summed E-state index contributed by atoms with van der Waals surface area (Å²) in [6.45, 7) is 0.0296. The first-order valence-corrected chi connectivity index (χ1v) is 6.71. The maximum Gasteiger partial charge on any atom is 0.265 e. The van der Waals surface area contributed by atoms with Crippen molar-refractivity contribution in [2.24, 2.45) is 5.16 Å².